The third kappa shape index (κ3) is 7.32. The number of urea groups is 1. The molecule has 2 amide bonds. The molecule has 5 rings (SSSR count). The maximum Gasteiger partial charge on any atom is 0.319 e. The molecule has 3 aromatic carbocycles. The van der Waals surface area contributed by atoms with Gasteiger partial charge in [-0.15, -0.1) is 0 Å². The van der Waals surface area contributed by atoms with Crippen LogP contribution in [0.2, 0.25) is 0 Å². The second-order valence-electron chi connectivity index (χ2n) is 10.3. The Morgan fingerprint density at radius 3 is 2.56 bits per heavy atom. The Morgan fingerprint density at radius 1 is 1.05 bits per heavy atom. The Labute approximate surface area is 249 Å². The third-order valence-electron chi connectivity index (χ3n) is 7.34. The van der Waals surface area contributed by atoms with Gasteiger partial charge in [-0.25, -0.2) is 13.2 Å². The summed E-state index contributed by atoms with van der Waals surface area (Å²) in [5.74, 6) is 0. The third-order valence-corrected chi connectivity index (χ3v) is 9.84. The van der Waals surface area contributed by atoms with E-state index in [4.69, 9.17) is 0 Å². The van der Waals surface area contributed by atoms with Crippen LogP contribution in [0.15, 0.2) is 94.3 Å². The van der Waals surface area contributed by atoms with Gasteiger partial charge in [0.25, 0.3) is 0 Å². The summed E-state index contributed by atoms with van der Waals surface area (Å²) in [5, 5.41) is 6.79. The van der Waals surface area contributed by atoms with Crippen LogP contribution in [0.3, 0.4) is 0 Å². The molecular weight excluding hydrogens is 602 g/mol. The van der Waals surface area contributed by atoms with Gasteiger partial charge in [-0.3, -0.25) is 9.88 Å². The summed E-state index contributed by atoms with van der Waals surface area (Å²) in [6, 6.07) is 25.9. The number of fused-ring (bicyclic) bond motifs is 1. The molecule has 0 bridgehead atoms. The predicted molar refractivity (Wildman–Crippen MR) is 167 cm³/mol. The van der Waals surface area contributed by atoms with Crippen LogP contribution in [-0.2, 0) is 16.4 Å². The first-order valence-corrected chi connectivity index (χ1v) is 16.0. The number of hydrogen-bond acceptors (Lipinski definition) is 5. The molecule has 1 aromatic heterocycles. The summed E-state index contributed by atoms with van der Waals surface area (Å²) in [5.41, 5.74) is 3.49. The van der Waals surface area contributed by atoms with Crippen molar-refractivity contribution < 1.29 is 13.2 Å². The molecule has 1 unspecified atom stereocenters. The summed E-state index contributed by atoms with van der Waals surface area (Å²) in [7, 11) is -3.68. The molecule has 4 aromatic rings. The zero-order valence-electron chi connectivity index (χ0n) is 23.0. The Bertz CT molecular complexity index is 1600. The van der Waals surface area contributed by atoms with Crippen molar-refractivity contribution in [3.8, 4) is 0 Å². The summed E-state index contributed by atoms with van der Waals surface area (Å²) in [4.78, 5) is 19.7. The topological polar surface area (TPSA) is 94.6 Å². The number of pyridine rings is 1. The van der Waals surface area contributed by atoms with Crippen molar-refractivity contribution >= 4 is 48.6 Å². The van der Waals surface area contributed by atoms with Gasteiger partial charge in [-0.05, 0) is 68.3 Å². The molecule has 214 valence electrons. The summed E-state index contributed by atoms with van der Waals surface area (Å²) >= 11 is 3.40. The van der Waals surface area contributed by atoms with Crippen molar-refractivity contribution in [3.05, 3.63) is 101 Å². The van der Waals surface area contributed by atoms with Gasteiger partial charge in [0.1, 0.15) is 0 Å². The SMILES string of the molecule is Cc1cc(NC(=O)NCCN2CCC(N(CCc3ccccc3)S(=O)(=O)c3ccc(Br)cc3)C2)c2ccccc2n1. The van der Waals surface area contributed by atoms with E-state index >= 15 is 0 Å². The van der Waals surface area contributed by atoms with Gasteiger partial charge >= 0.3 is 6.03 Å². The molecule has 10 heteroatoms. The van der Waals surface area contributed by atoms with Gasteiger partial charge in [0, 0.05) is 47.8 Å². The molecule has 0 radical (unpaired) electrons. The lowest BCUT2D eigenvalue weighted by Crippen LogP contribution is -2.44. The van der Waals surface area contributed by atoms with Crippen LogP contribution in [0.1, 0.15) is 17.7 Å². The number of nitrogens with zero attached hydrogens (tertiary/aromatic N) is 3. The quantitative estimate of drug-likeness (QED) is 0.242. The molecule has 0 spiro atoms. The standard InChI is InChI=1S/C31H34BrN5O3S/c1-23-21-30(28-9-5-6-10-29(28)34-23)35-31(38)33-17-20-36-18-16-26(22-36)37(19-15-24-7-3-2-4-8-24)41(39,40)27-13-11-25(32)12-14-27/h2-14,21,26H,15-20,22H2,1H3,(H2,33,34,35,38). The molecule has 0 aliphatic carbocycles. The molecule has 2 N–H and O–H groups in total. The normalized spacial score (nSPS) is 15.8. The number of rotatable bonds is 10. The van der Waals surface area contributed by atoms with Crippen molar-refractivity contribution in [3.63, 3.8) is 0 Å². The number of nitrogens with one attached hydrogen (secondary N) is 2. The number of likely N-dealkylation sites (tertiary alicyclic amines) is 1. The molecule has 2 heterocycles. The van der Waals surface area contributed by atoms with E-state index in [9.17, 15) is 13.2 Å². The van der Waals surface area contributed by atoms with E-state index < -0.39 is 10.0 Å². The van der Waals surface area contributed by atoms with E-state index in [0.717, 1.165) is 45.3 Å². The largest absolute Gasteiger partial charge is 0.337 e. The number of benzene rings is 3. The maximum absolute atomic E-state index is 13.8. The van der Waals surface area contributed by atoms with Crippen molar-refractivity contribution in [2.45, 2.75) is 30.7 Å². The number of amides is 2. The molecular formula is C31H34BrN5O3S. The average molecular weight is 637 g/mol. The number of carbonyl (C=O) groups excluding carboxylic acids is 1. The van der Waals surface area contributed by atoms with Crippen LogP contribution in [0.25, 0.3) is 10.9 Å². The zero-order valence-corrected chi connectivity index (χ0v) is 25.4. The fourth-order valence-electron chi connectivity index (χ4n) is 5.28. The van der Waals surface area contributed by atoms with Crippen LogP contribution in [0, 0.1) is 6.92 Å². The number of carbonyl (C=O) groups is 1. The van der Waals surface area contributed by atoms with Crippen molar-refractivity contribution in [1.29, 1.82) is 0 Å². The average Bonchev–Trinajstić information content (AvgIpc) is 3.42. The van der Waals surface area contributed by atoms with Crippen molar-refractivity contribution in [2.24, 2.45) is 0 Å². The second-order valence-corrected chi connectivity index (χ2v) is 13.1. The van der Waals surface area contributed by atoms with Crippen LogP contribution >= 0.6 is 15.9 Å². The highest BCUT2D eigenvalue weighted by molar-refractivity contribution is 9.10. The van der Waals surface area contributed by atoms with Gasteiger partial charge in [-0.1, -0.05) is 64.5 Å². The van der Waals surface area contributed by atoms with Gasteiger partial charge in [0.05, 0.1) is 16.1 Å². The fraction of sp³-hybridized carbons (Fsp3) is 0.290. The van der Waals surface area contributed by atoms with Crippen LogP contribution < -0.4 is 10.6 Å². The van der Waals surface area contributed by atoms with Crippen molar-refractivity contribution in [1.82, 2.24) is 19.5 Å². The molecule has 1 aliphatic heterocycles. The van der Waals surface area contributed by atoms with E-state index in [1.165, 1.54) is 0 Å². The summed E-state index contributed by atoms with van der Waals surface area (Å²) in [6.07, 6.45) is 1.37. The minimum Gasteiger partial charge on any atom is -0.337 e. The molecule has 1 saturated heterocycles. The van der Waals surface area contributed by atoms with Crippen LogP contribution in [-0.4, -0.2) is 67.4 Å². The van der Waals surface area contributed by atoms with Gasteiger partial charge in [0.2, 0.25) is 10.0 Å². The number of anilines is 1. The fourth-order valence-corrected chi connectivity index (χ4v) is 7.19. The Hall–Kier alpha value is -3.31. The van der Waals surface area contributed by atoms with E-state index in [0.29, 0.717) is 37.5 Å². The highest BCUT2D eigenvalue weighted by atomic mass is 79.9. The minimum absolute atomic E-state index is 0.146. The maximum atomic E-state index is 13.8. The molecule has 1 fully saturated rings. The van der Waals surface area contributed by atoms with Gasteiger partial charge in [-0.2, -0.15) is 4.31 Å². The van der Waals surface area contributed by atoms with Gasteiger partial charge in [0.15, 0.2) is 0 Å². The smallest absolute Gasteiger partial charge is 0.319 e. The monoisotopic (exact) mass is 635 g/mol. The second kappa shape index (κ2) is 13.1. The van der Waals surface area contributed by atoms with Gasteiger partial charge < -0.3 is 10.6 Å². The number of para-hydroxylation sites is 1. The summed E-state index contributed by atoms with van der Waals surface area (Å²) in [6.45, 7) is 4.76. The number of aryl methyl sites for hydroxylation is 1. The Kier molecular flexibility index (Phi) is 9.34. The number of sulfonamides is 1. The lowest BCUT2D eigenvalue weighted by atomic mass is 10.1. The molecule has 1 aliphatic rings. The molecule has 41 heavy (non-hydrogen) atoms. The van der Waals surface area contributed by atoms with E-state index in [2.05, 4.69) is 36.4 Å². The summed E-state index contributed by atoms with van der Waals surface area (Å²) < 4.78 is 30.1. The van der Waals surface area contributed by atoms with Crippen LogP contribution in [0.4, 0.5) is 10.5 Å². The lowest BCUT2D eigenvalue weighted by molar-refractivity contribution is 0.248. The predicted octanol–water partition coefficient (Wildman–Crippen LogP) is 5.44. The number of hydrogen-bond donors (Lipinski definition) is 2. The number of halogens is 1. The molecule has 8 nitrogen and oxygen atoms in total. The van der Waals surface area contributed by atoms with E-state index in [-0.39, 0.29) is 12.1 Å². The molecule has 0 saturated carbocycles. The highest BCUT2D eigenvalue weighted by Crippen LogP contribution is 2.26. The molecule has 1 atom stereocenters. The van der Waals surface area contributed by atoms with Crippen LogP contribution in [0.5, 0.6) is 0 Å². The highest BCUT2D eigenvalue weighted by Gasteiger charge is 2.35. The Morgan fingerprint density at radius 2 is 1.78 bits per heavy atom. The van der Waals surface area contributed by atoms with E-state index in [1.807, 2.05) is 67.6 Å². The first-order valence-electron chi connectivity index (χ1n) is 13.7. The number of aromatic nitrogens is 1. The lowest BCUT2D eigenvalue weighted by Gasteiger charge is -2.28. The first kappa shape index (κ1) is 29.2. The van der Waals surface area contributed by atoms with Crippen molar-refractivity contribution in [2.75, 3.05) is 38.0 Å². The van der Waals surface area contributed by atoms with E-state index in [1.54, 1.807) is 28.6 Å². The minimum atomic E-state index is -3.68. The zero-order chi connectivity index (χ0) is 28.8. The first-order chi connectivity index (χ1) is 19.8. The Balaban J connectivity index is 1.20.